The van der Waals surface area contributed by atoms with Gasteiger partial charge in [-0.2, -0.15) is 0 Å². The molecule has 1 aliphatic rings. The van der Waals surface area contributed by atoms with Gasteiger partial charge in [0, 0.05) is 41.7 Å². The minimum Gasteiger partial charge on any atom is -0.497 e. The molecule has 0 bridgehead atoms. The van der Waals surface area contributed by atoms with Gasteiger partial charge in [0.2, 0.25) is 5.13 Å². The molecule has 1 aromatic heterocycles. The van der Waals surface area contributed by atoms with E-state index in [1.807, 2.05) is 12.1 Å². The summed E-state index contributed by atoms with van der Waals surface area (Å²) >= 11 is 13.1. The molecule has 1 aliphatic heterocycles. The fourth-order valence-corrected chi connectivity index (χ4v) is 8.47. The average Bonchev–Trinajstić information content (AvgIpc) is 3.52. The van der Waals surface area contributed by atoms with E-state index in [1.54, 1.807) is 56.0 Å². The van der Waals surface area contributed by atoms with Gasteiger partial charge in [0.1, 0.15) is 32.1 Å². The molecule has 10 nitrogen and oxygen atoms in total. The summed E-state index contributed by atoms with van der Waals surface area (Å²) in [5.74, 6) is -2.75. The first-order valence-corrected chi connectivity index (χ1v) is 18.8. The standard InChI is InChI=1S/C35H37Cl2F2N3O7S2/c1-35(2,3)49-34(43)41-13-12-27(21-6-9-24(36)10-7-21)23(18-41)20-48-29-14-25(38)15-30(32(29)39)51(44,45)42(33-40-17-31(37)50-33)19-22-8-11-26(46-4)16-28(22)47-5/h6-11,14-17,23,27H,12-13,18-20H2,1-5H3/t23-,27+/m1/s1. The largest absolute Gasteiger partial charge is 0.497 e. The van der Waals surface area contributed by atoms with Gasteiger partial charge in [0.05, 0.1) is 33.6 Å². The molecule has 1 fully saturated rings. The first kappa shape index (κ1) is 38.4. The number of aromatic nitrogens is 1. The van der Waals surface area contributed by atoms with Crippen molar-refractivity contribution in [3.8, 4) is 17.2 Å². The number of anilines is 1. The number of sulfonamides is 1. The summed E-state index contributed by atoms with van der Waals surface area (Å²) in [4.78, 5) is 17.7. The van der Waals surface area contributed by atoms with Crippen molar-refractivity contribution in [2.45, 2.75) is 50.2 Å². The highest BCUT2D eigenvalue weighted by atomic mass is 35.5. The Bertz CT molecular complexity index is 1970. The number of carbonyl (C=O) groups excluding carboxylic acids is 1. The maximum absolute atomic E-state index is 16.3. The van der Waals surface area contributed by atoms with Crippen LogP contribution in [0.15, 0.2) is 65.7 Å². The number of thiazole rings is 1. The van der Waals surface area contributed by atoms with E-state index in [1.165, 1.54) is 20.4 Å². The molecule has 0 saturated carbocycles. The zero-order chi connectivity index (χ0) is 37.1. The summed E-state index contributed by atoms with van der Waals surface area (Å²) in [5.41, 5.74) is 0.590. The van der Waals surface area contributed by atoms with Crippen LogP contribution in [0.2, 0.25) is 9.36 Å². The minimum atomic E-state index is -4.83. The number of carbonyl (C=O) groups is 1. The number of methoxy groups -OCH3 is 2. The molecular weight excluding hydrogens is 747 g/mol. The van der Waals surface area contributed by atoms with Crippen LogP contribution in [0.25, 0.3) is 0 Å². The summed E-state index contributed by atoms with van der Waals surface area (Å²) < 4.78 is 83.3. The number of amides is 1. The van der Waals surface area contributed by atoms with Crippen molar-refractivity contribution >= 4 is 55.8 Å². The number of hydrogen-bond acceptors (Lipinski definition) is 9. The Morgan fingerprint density at radius 1 is 1.04 bits per heavy atom. The highest BCUT2D eigenvalue weighted by Crippen LogP contribution is 2.39. The normalized spacial score (nSPS) is 16.5. The summed E-state index contributed by atoms with van der Waals surface area (Å²) in [6.45, 7) is 5.34. The summed E-state index contributed by atoms with van der Waals surface area (Å²) in [6.07, 6.45) is 1.27. The van der Waals surface area contributed by atoms with Gasteiger partial charge < -0.3 is 23.8 Å². The van der Waals surface area contributed by atoms with Gasteiger partial charge in [0.15, 0.2) is 11.6 Å². The lowest BCUT2D eigenvalue weighted by molar-refractivity contribution is 0.0110. The summed E-state index contributed by atoms with van der Waals surface area (Å²) in [5, 5.41) is 0.465. The Balaban J connectivity index is 1.47. The van der Waals surface area contributed by atoms with Gasteiger partial charge >= 0.3 is 6.09 Å². The maximum Gasteiger partial charge on any atom is 0.410 e. The fourth-order valence-electron chi connectivity index (χ4n) is 5.74. The molecule has 16 heteroatoms. The van der Waals surface area contributed by atoms with Crippen LogP contribution in [0.1, 0.15) is 44.2 Å². The van der Waals surface area contributed by atoms with E-state index in [9.17, 15) is 13.2 Å². The van der Waals surface area contributed by atoms with E-state index in [4.69, 9.17) is 42.1 Å². The van der Waals surface area contributed by atoms with Crippen LogP contribution >= 0.6 is 34.5 Å². The van der Waals surface area contributed by atoms with Crippen molar-refractivity contribution in [3.05, 3.63) is 92.9 Å². The number of rotatable bonds is 11. The first-order valence-electron chi connectivity index (χ1n) is 15.8. The number of nitrogens with zero attached hydrogens (tertiary/aromatic N) is 3. The number of likely N-dealkylation sites (tertiary alicyclic amines) is 1. The van der Waals surface area contributed by atoms with Crippen LogP contribution in [0.4, 0.5) is 18.7 Å². The molecule has 2 heterocycles. The zero-order valence-electron chi connectivity index (χ0n) is 28.5. The molecular formula is C35H37Cl2F2N3O7S2. The molecule has 0 N–H and O–H groups in total. The minimum absolute atomic E-state index is 0.0840. The fraction of sp³-hybridized carbons (Fsp3) is 0.371. The third-order valence-corrected chi connectivity index (χ3v) is 11.4. The Hall–Kier alpha value is -3.85. The molecule has 274 valence electrons. The van der Waals surface area contributed by atoms with E-state index in [-0.39, 0.29) is 35.1 Å². The topological polar surface area (TPSA) is 108 Å². The monoisotopic (exact) mass is 783 g/mol. The Labute approximate surface area is 309 Å². The van der Waals surface area contributed by atoms with Crippen LogP contribution in [-0.2, 0) is 21.3 Å². The summed E-state index contributed by atoms with van der Waals surface area (Å²) in [6, 6.07) is 13.4. The number of piperidine rings is 1. The van der Waals surface area contributed by atoms with E-state index in [2.05, 4.69) is 4.98 Å². The molecule has 2 atom stereocenters. The van der Waals surface area contributed by atoms with Crippen LogP contribution in [0.5, 0.6) is 17.2 Å². The van der Waals surface area contributed by atoms with Gasteiger partial charge in [-0.05, 0) is 69.0 Å². The van der Waals surface area contributed by atoms with Gasteiger partial charge in [-0.3, -0.25) is 0 Å². The Morgan fingerprint density at radius 2 is 1.76 bits per heavy atom. The smallest absolute Gasteiger partial charge is 0.410 e. The Kier molecular flexibility index (Phi) is 11.9. The van der Waals surface area contributed by atoms with Gasteiger partial charge in [-0.25, -0.2) is 31.3 Å². The predicted octanol–water partition coefficient (Wildman–Crippen LogP) is 8.56. The lowest BCUT2D eigenvalue weighted by Crippen LogP contribution is -2.46. The predicted molar refractivity (Wildman–Crippen MR) is 192 cm³/mol. The van der Waals surface area contributed by atoms with Crippen molar-refractivity contribution < 1.29 is 40.9 Å². The lowest BCUT2D eigenvalue weighted by Gasteiger charge is -2.39. The van der Waals surface area contributed by atoms with Crippen LogP contribution < -0.4 is 18.5 Å². The third-order valence-electron chi connectivity index (χ3n) is 8.16. The van der Waals surface area contributed by atoms with Crippen molar-refractivity contribution in [2.75, 3.05) is 38.2 Å². The number of hydrogen-bond donors (Lipinski definition) is 0. The average molecular weight is 785 g/mol. The molecule has 5 rings (SSSR count). The SMILES string of the molecule is COc1ccc(CN(c2ncc(Cl)s2)S(=O)(=O)c2cc(F)cc(OC[C@H]3CN(C(=O)OC(C)(C)C)CC[C@H]3c3ccc(Cl)cc3)c2F)c(OC)c1. The van der Waals surface area contributed by atoms with E-state index in [0.29, 0.717) is 41.1 Å². The maximum atomic E-state index is 16.3. The lowest BCUT2D eigenvalue weighted by atomic mass is 9.81. The number of halogens is 4. The second-order valence-corrected chi connectivity index (χ2v) is 16.7. The van der Waals surface area contributed by atoms with Crippen LogP contribution in [-0.4, -0.2) is 63.9 Å². The zero-order valence-corrected chi connectivity index (χ0v) is 31.6. The van der Waals surface area contributed by atoms with Crippen molar-refractivity contribution in [1.29, 1.82) is 0 Å². The van der Waals surface area contributed by atoms with Gasteiger partial charge in [-0.1, -0.05) is 46.7 Å². The van der Waals surface area contributed by atoms with E-state index in [0.717, 1.165) is 27.3 Å². The number of benzene rings is 3. The quantitative estimate of drug-likeness (QED) is 0.149. The van der Waals surface area contributed by atoms with Crippen molar-refractivity contribution in [2.24, 2.45) is 5.92 Å². The van der Waals surface area contributed by atoms with Crippen LogP contribution in [0, 0.1) is 17.6 Å². The first-order chi connectivity index (χ1) is 24.1. The van der Waals surface area contributed by atoms with Crippen molar-refractivity contribution in [3.63, 3.8) is 0 Å². The second kappa shape index (κ2) is 15.8. The van der Waals surface area contributed by atoms with Crippen LogP contribution in [0.3, 0.4) is 0 Å². The molecule has 1 saturated heterocycles. The third kappa shape index (κ3) is 9.15. The molecule has 4 aromatic rings. The Morgan fingerprint density at radius 3 is 2.39 bits per heavy atom. The highest BCUT2D eigenvalue weighted by molar-refractivity contribution is 7.93. The summed E-state index contributed by atoms with van der Waals surface area (Å²) in [7, 11) is -1.96. The molecule has 0 spiro atoms. The van der Waals surface area contributed by atoms with E-state index >= 15 is 8.78 Å². The second-order valence-electron chi connectivity index (χ2n) is 12.8. The molecule has 0 unspecified atom stereocenters. The molecule has 0 aliphatic carbocycles. The van der Waals surface area contributed by atoms with E-state index < -0.39 is 49.9 Å². The molecule has 51 heavy (non-hydrogen) atoms. The van der Waals surface area contributed by atoms with Gasteiger partial charge in [-0.15, -0.1) is 0 Å². The highest BCUT2D eigenvalue weighted by Gasteiger charge is 2.37. The molecule has 0 radical (unpaired) electrons. The number of ether oxygens (including phenoxy) is 4. The molecule has 1 amide bonds. The van der Waals surface area contributed by atoms with Gasteiger partial charge in [0.25, 0.3) is 10.0 Å². The van der Waals surface area contributed by atoms with Crippen molar-refractivity contribution in [1.82, 2.24) is 9.88 Å². The molecule has 3 aromatic carbocycles.